The van der Waals surface area contributed by atoms with E-state index in [4.69, 9.17) is 4.74 Å². The fourth-order valence-electron chi connectivity index (χ4n) is 3.35. The molecule has 0 saturated carbocycles. The molecular formula is C25H41N3O5. The average Bonchev–Trinajstić information content (AvgIpc) is 2.72. The minimum absolute atomic E-state index is 0.0609. The van der Waals surface area contributed by atoms with Crippen molar-refractivity contribution in [1.29, 1.82) is 0 Å². The highest BCUT2D eigenvalue weighted by Gasteiger charge is 2.35. The molecule has 3 amide bonds. The minimum atomic E-state index is -1.02. The topological polar surface area (TPSA) is 108 Å². The van der Waals surface area contributed by atoms with Crippen LogP contribution in [0.25, 0.3) is 0 Å². The lowest BCUT2D eigenvalue weighted by molar-refractivity contribution is -0.142. The molecule has 1 aromatic rings. The van der Waals surface area contributed by atoms with Crippen molar-refractivity contribution in [2.75, 3.05) is 13.1 Å². The molecule has 0 radical (unpaired) electrons. The van der Waals surface area contributed by atoms with Crippen LogP contribution in [0.3, 0.4) is 0 Å². The van der Waals surface area contributed by atoms with Crippen LogP contribution in [-0.2, 0) is 14.3 Å². The van der Waals surface area contributed by atoms with Crippen LogP contribution < -0.4 is 10.6 Å². The lowest BCUT2D eigenvalue weighted by Crippen LogP contribution is -2.52. The third-order valence-corrected chi connectivity index (χ3v) is 5.01. The summed E-state index contributed by atoms with van der Waals surface area (Å²) in [6.45, 7) is 11.7. The van der Waals surface area contributed by atoms with Gasteiger partial charge in [-0.2, -0.15) is 0 Å². The van der Waals surface area contributed by atoms with Gasteiger partial charge < -0.3 is 25.4 Å². The molecule has 0 spiro atoms. The predicted molar refractivity (Wildman–Crippen MR) is 129 cm³/mol. The average molecular weight is 464 g/mol. The molecule has 0 bridgehead atoms. The van der Waals surface area contributed by atoms with Gasteiger partial charge in [-0.15, -0.1) is 0 Å². The van der Waals surface area contributed by atoms with Crippen molar-refractivity contribution in [2.45, 2.75) is 91.3 Å². The number of amides is 3. The fraction of sp³-hybridized carbons (Fsp3) is 0.640. The largest absolute Gasteiger partial charge is 0.508 e. The number of hydrogen-bond donors (Lipinski definition) is 3. The van der Waals surface area contributed by atoms with Crippen LogP contribution in [0.5, 0.6) is 5.75 Å². The zero-order valence-corrected chi connectivity index (χ0v) is 20.9. The molecule has 2 unspecified atom stereocenters. The van der Waals surface area contributed by atoms with E-state index < -0.39 is 29.7 Å². The molecule has 0 heterocycles. The minimum Gasteiger partial charge on any atom is -0.508 e. The van der Waals surface area contributed by atoms with Gasteiger partial charge in [0, 0.05) is 18.7 Å². The Morgan fingerprint density at radius 2 is 1.70 bits per heavy atom. The first kappa shape index (κ1) is 28.3. The first-order valence-corrected chi connectivity index (χ1v) is 11.9. The highest BCUT2D eigenvalue weighted by atomic mass is 16.6. The van der Waals surface area contributed by atoms with Crippen LogP contribution in [0, 0.1) is 0 Å². The maximum absolute atomic E-state index is 13.5. The molecule has 0 fully saturated rings. The number of rotatable bonds is 12. The summed E-state index contributed by atoms with van der Waals surface area (Å²) in [6.07, 6.45) is 3.52. The van der Waals surface area contributed by atoms with Crippen LogP contribution in [0.15, 0.2) is 24.3 Å². The molecule has 0 aliphatic rings. The standard InChI is InChI=1S/C25H41N3O5/c1-7-9-13-17-28(23(31)18(3)27-24(32)33-25(4,5)6)21(22(30)26-16-10-8-2)19-14-11-12-15-20(19)29/h11-12,14-15,18,21,29H,7-10,13,16-17H2,1-6H3,(H,26,30)(H,27,32). The number of carbonyl (C=O) groups excluding carboxylic acids is 3. The van der Waals surface area contributed by atoms with Gasteiger partial charge in [0.25, 0.3) is 0 Å². The number of phenols is 1. The maximum Gasteiger partial charge on any atom is 0.408 e. The van der Waals surface area contributed by atoms with Gasteiger partial charge >= 0.3 is 6.09 Å². The zero-order valence-electron chi connectivity index (χ0n) is 20.9. The Hall–Kier alpha value is -2.77. The van der Waals surface area contributed by atoms with Crippen LogP contribution in [0.1, 0.15) is 85.3 Å². The number of hydrogen-bond acceptors (Lipinski definition) is 5. The number of alkyl carbamates (subject to hydrolysis) is 1. The second-order valence-electron chi connectivity index (χ2n) is 9.21. The molecule has 1 aromatic carbocycles. The van der Waals surface area contributed by atoms with E-state index in [-0.39, 0.29) is 11.7 Å². The molecular weight excluding hydrogens is 422 g/mol. The fourth-order valence-corrected chi connectivity index (χ4v) is 3.35. The van der Waals surface area contributed by atoms with Crippen molar-refractivity contribution in [2.24, 2.45) is 0 Å². The first-order chi connectivity index (χ1) is 15.5. The second-order valence-corrected chi connectivity index (χ2v) is 9.21. The molecule has 0 saturated heterocycles. The Balaban J connectivity index is 3.26. The number of para-hydroxylation sites is 1. The summed E-state index contributed by atoms with van der Waals surface area (Å²) in [6, 6.07) is 4.59. The highest BCUT2D eigenvalue weighted by Crippen LogP contribution is 2.30. The number of benzene rings is 1. The number of carbonyl (C=O) groups is 3. The quantitative estimate of drug-likeness (QED) is 0.401. The van der Waals surface area contributed by atoms with Gasteiger partial charge in [-0.05, 0) is 46.6 Å². The number of ether oxygens (including phenoxy) is 1. The van der Waals surface area contributed by atoms with Crippen LogP contribution in [-0.4, -0.2) is 52.6 Å². The Morgan fingerprint density at radius 3 is 2.27 bits per heavy atom. The summed E-state index contributed by atoms with van der Waals surface area (Å²) in [5.74, 6) is -0.843. The van der Waals surface area contributed by atoms with E-state index in [2.05, 4.69) is 17.6 Å². The maximum atomic E-state index is 13.5. The summed E-state index contributed by atoms with van der Waals surface area (Å²) < 4.78 is 5.27. The third-order valence-electron chi connectivity index (χ3n) is 5.01. The van der Waals surface area contributed by atoms with E-state index in [0.29, 0.717) is 25.1 Å². The highest BCUT2D eigenvalue weighted by molar-refractivity contribution is 5.92. The van der Waals surface area contributed by atoms with Gasteiger partial charge in [-0.3, -0.25) is 9.59 Å². The third kappa shape index (κ3) is 9.72. The molecule has 0 aromatic heterocycles. The molecule has 186 valence electrons. The molecule has 0 aliphatic carbocycles. The smallest absolute Gasteiger partial charge is 0.408 e. The van der Waals surface area contributed by atoms with Crippen molar-refractivity contribution < 1.29 is 24.2 Å². The number of phenolic OH excluding ortho intramolecular Hbond substituents is 1. The number of nitrogens with zero attached hydrogens (tertiary/aromatic N) is 1. The number of unbranched alkanes of at least 4 members (excludes halogenated alkanes) is 3. The van der Waals surface area contributed by atoms with Crippen LogP contribution in [0.2, 0.25) is 0 Å². The van der Waals surface area contributed by atoms with E-state index in [1.54, 1.807) is 45.9 Å². The van der Waals surface area contributed by atoms with Crippen molar-refractivity contribution >= 4 is 17.9 Å². The van der Waals surface area contributed by atoms with Crippen molar-refractivity contribution in [3.63, 3.8) is 0 Å². The van der Waals surface area contributed by atoms with E-state index in [0.717, 1.165) is 25.7 Å². The van der Waals surface area contributed by atoms with Crippen molar-refractivity contribution in [3.05, 3.63) is 29.8 Å². The van der Waals surface area contributed by atoms with Gasteiger partial charge in [0.2, 0.25) is 11.8 Å². The number of aromatic hydroxyl groups is 1. The van der Waals surface area contributed by atoms with E-state index >= 15 is 0 Å². The molecule has 2 atom stereocenters. The Morgan fingerprint density at radius 1 is 1.06 bits per heavy atom. The first-order valence-electron chi connectivity index (χ1n) is 11.9. The zero-order chi connectivity index (χ0) is 25.0. The Bertz CT molecular complexity index is 776. The molecule has 3 N–H and O–H groups in total. The summed E-state index contributed by atoms with van der Waals surface area (Å²) in [5.41, 5.74) is -0.355. The number of nitrogens with one attached hydrogen (secondary N) is 2. The van der Waals surface area contributed by atoms with Gasteiger partial charge in [0.1, 0.15) is 23.4 Å². The van der Waals surface area contributed by atoms with Gasteiger partial charge in [-0.1, -0.05) is 51.3 Å². The summed E-state index contributed by atoms with van der Waals surface area (Å²) in [4.78, 5) is 40.4. The predicted octanol–water partition coefficient (Wildman–Crippen LogP) is 4.28. The normalized spacial score (nSPS) is 13.0. The molecule has 8 heteroatoms. The van der Waals surface area contributed by atoms with E-state index in [9.17, 15) is 19.5 Å². The summed E-state index contributed by atoms with van der Waals surface area (Å²) in [5, 5.41) is 16.0. The lowest BCUT2D eigenvalue weighted by atomic mass is 10.0. The van der Waals surface area contributed by atoms with Crippen molar-refractivity contribution in [3.8, 4) is 5.75 Å². The Kier molecular flexibility index (Phi) is 11.7. The van der Waals surface area contributed by atoms with E-state index in [1.165, 1.54) is 11.0 Å². The van der Waals surface area contributed by atoms with Crippen molar-refractivity contribution in [1.82, 2.24) is 15.5 Å². The van der Waals surface area contributed by atoms with Crippen LogP contribution >= 0.6 is 0 Å². The molecule has 33 heavy (non-hydrogen) atoms. The SMILES string of the molecule is CCCCCN(C(=O)C(C)NC(=O)OC(C)(C)C)C(C(=O)NCCCC)c1ccccc1O. The van der Waals surface area contributed by atoms with Gasteiger partial charge in [0.15, 0.2) is 0 Å². The van der Waals surface area contributed by atoms with E-state index in [1.807, 2.05) is 6.92 Å². The van der Waals surface area contributed by atoms with Gasteiger partial charge in [0.05, 0.1) is 0 Å². The molecule has 1 rings (SSSR count). The van der Waals surface area contributed by atoms with Crippen LogP contribution in [0.4, 0.5) is 4.79 Å². The monoisotopic (exact) mass is 463 g/mol. The summed E-state index contributed by atoms with van der Waals surface area (Å²) >= 11 is 0. The summed E-state index contributed by atoms with van der Waals surface area (Å²) in [7, 11) is 0. The van der Waals surface area contributed by atoms with Gasteiger partial charge in [-0.25, -0.2) is 4.79 Å². The lowest BCUT2D eigenvalue weighted by Gasteiger charge is -2.34. The molecule has 0 aliphatic heterocycles. The molecule has 8 nitrogen and oxygen atoms in total. The second kappa shape index (κ2) is 13.7. The Labute approximate surface area is 198 Å².